The maximum Gasteiger partial charge on any atom is 0.424 e. The fraction of sp³-hybridized carbons (Fsp3) is 0.333. The topological polar surface area (TPSA) is 98.6 Å². The monoisotopic (exact) mass is 492 g/mol. The first-order valence-electron chi connectivity index (χ1n) is 10.4. The van der Waals surface area contributed by atoms with E-state index in [9.17, 15) is 18.3 Å². The zero-order valence-electron chi connectivity index (χ0n) is 18.2. The van der Waals surface area contributed by atoms with Crippen molar-refractivity contribution in [2.45, 2.75) is 38.2 Å². The lowest BCUT2D eigenvalue weighted by atomic mass is 10.1. The first kappa shape index (κ1) is 22.4. The number of rotatable bonds is 4. The Labute approximate surface area is 196 Å². The lowest BCUT2D eigenvalue weighted by Crippen LogP contribution is -2.41. The molecule has 34 heavy (non-hydrogen) atoms. The van der Waals surface area contributed by atoms with E-state index in [0.29, 0.717) is 42.0 Å². The van der Waals surface area contributed by atoms with Crippen LogP contribution in [0.2, 0.25) is 5.02 Å². The van der Waals surface area contributed by atoms with Gasteiger partial charge in [0.15, 0.2) is 11.6 Å². The molecule has 0 bridgehead atoms. The van der Waals surface area contributed by atoms with Crippen molar-refractivity contribution < 1.29 is 18.3 Å². The summed E-state index contributed by atoms with van der Waals surface area (Å²) >= 11 is 6.45. The molecular weight excluding hydrogens is 473 g/mol. The van der Waals surface area contributed by atoms with Gasteiger partial charge < -0.3 is 19.6 Å². The van der Waals surface area contributed by atoms with Gasteiger partial charge in [0.05, 0.1) is 16.9 Å². The summed E-state index contributed by atoms with van der Waals surface area (Å²) in [6.45, 7) is 1.48. The summed E-state index contributed by atoms with van der Waals surface area (Å²) in [6.07, 6.45) is 0.697. The minimum absolute atomic E-state index is 0.246. The first-order valence-corrected chi connectivity index (χ1v) is 10.8. The largest absolute Gasteiger partial charge is 0.424 e. The molecule has 4 aromatic heterocycles. The fourth-order valence-electron chi connectivity index (χ4n) is 3.98. The molecule has 0 aliphatic carbocycles. The Hall–Kier alpha value is -3.38. The van der Waals surface area contributed by atoms with E-state index in [1.54, 1.807) is 36.1 Å². The molecule has 5 heterocycles. The Morgan fingerprint density at radius 3 is 2.68 bits per heavy atom. The molecule has 5 rings (SSSR count). The lowest BCUT2D eigenvalue weighted by molar-refractivity contribution is -0.262. The summed E-state index contributed by atoms with van der Waals surface area (Å²) in [5.41, 5.74) is -1.10. The van der Waals surface area contributed by atoms with Gasteiger partial charge in [-0.25, -0.2) is 4.98 Å². The van der Waals surface area contributed by atoms with Crippen LogP contribution in [0.4, 0.5) is 24.8 Å². The van der Waals surface area contributed by atoms with Crippen LogP contribution >= 0.6 is 11.6 Å². The van der Waals surface area contributed by atoms with Crippen molar-refractivity contribution in [2.75, 3.05) is 5.32 Å². The number of aromatic nitrogens is 7. The number of halogens is 4. The molecule has 0 unspecified atom stereocenters. The minimum Gasteiger partial charge on any atom is -0.374 e. The average molecular weight is 493 g/mol. The Bertz CT molecular complexity index is 1370. The van der Waals surface area contributed by atoms with Gasteiger partial charge in [0.2, 0.25) is 5.60 Å². The van der Waals surface area contributed by atoms with E-state index < -0.39 is 17.6 Å². The third kappa shape index (κ3) is 3.62. The number of nitrogens with zero attached hydrogens (tertiary/aromatic N) is 7. The van der Waals surface area contributed by atoms with E-state index in [1.807, 2.05) is 10.8 Å². The van der Waals surface area contributed by atoms with Crippen molar-refractivity contribution in [3.05, 3.63) is 47.6 Å². The molecule has 0 aromatic carbocycles. The molecule has 1 aliphatic heterocycles. The van der Waals surface area contributed by atoms with Crippen molar-refractivity contribution in [2.24, 2.45) is 7.05 Å². The molecule has 9 nitrogen and oxygen atoms in total. The highest BCUT2D eigenvalue weighted by Gasteiger charge is 2.55. The minimum atomic E-state index is -4.89. The van der Waals surface area contributed by atoms with Crippen LogP contribution in [0.1, 0.15) is 19.2 Å². The van der Waals surface area contributed by atoms with Gasteiger partial charge in [-0.15, -0.1) is 10.2 Å². The highest BCUT2D eigenvalue weighted by Crippen LogP contribution is 2.40. The van der Waals surface area contributed by atoms with Gasteiger partial charge in [0, 0.05) is 49.7 Å². The smallest absolute Gasteiger partial charge is 0.374 e. The van der Waals surface area contributed by atoms with Crippen molar-refractivity contribution in [3.63, 3.8) is 0 Å². The Balaban J connectivity index is 1.55. The van der Waals surface area contributed by atoms with E-state index in [2.05, 4.69) is 25.6 Å². The second-order valence-electron chi connectivity index (χ2n) is 8.24. The maximum absolute atomic E-state index is 13.5. The maximum atomic E-state index is 13.5. The lowest BCUT2D eigenvalue weighted by Gasteiger charge is -2.25. The third-order valence-electron chi connectivity index (χ3n) is 5.89. The number of aliphatic hydroxyl groups is 1. The molecule has 1 aliphatic rings. The summed E-state index contributed by atoms with van der Waals surface area (Å²) < 4.78 is 45.3. The summed E-state index contributed by atoms with van der Waals surface area (Å²) in [5, 5.41) is 25.6. The molecule has 13 heteroatoms. The quantitative estimate of drug-likeness (QED) is 0.445. The Kier molecular flexibility index (Phi) is 5.17. The molecule has 178 valence electrons. The molecule has 0 amide bonds. The Morgan fingerprint density at radius 1 is 1.18 bits per heavy atom. The van der Waals surface area contributed by atoms with Crippen molar-refractivity contribution in [3.8, 4) is 22.6 Å². The number of hydrogen-bond acceptors (Lipinski definition) is 6. The average Bonchev–Trinajstić information content (AvgIpc) is 3.46. The number of fused-ring (bicyclic) bond motifs is 3. The summed E-state index contributed by atoms with van der Waals surface area (Å²) in [4.78, 5) is 4.31. The number of nitrogens with one attached hydrogen (secondary N) is 1. The third-order valence-corrected chi connectivity index (χ3v) is 6.19. The van der Waals surface area contributed by atoms with E-state index in [4.69, 9.17) is 11.6 Å². The summed E-state index contributed by atoms with van der Waals surface area (Å²) in [5.74, 6) is 1.01. The molecule has 0 saturated heterocycles. The van der Waals surface area contributed by atoms with Gasteiger partial charge in [-0.3, -0.25) is 4.68 Å². The number of anilines is 2. The molecule has 2 N–H and O–H groups in total. The van der Waals surface area contributed by atoms with Crippen LogP contribution in [0.5, 0.6) is 0 Å². The number of pyridine rings is 1. The molecule has 0 radical (unpaired) electrons. The van der Waals surface area contributed by atoms with E-state index >= 15 is 0 Å². The van der Waals surface area contributed by atoms with E-state index in [-0.39, 0.29) is 12.4 Å². The second kappa shape index (κ2) is 7.84. The molecule has 4 aromatic rings. The second-order valence-corrected chi connectivity index (χ2v) is 8.65. The Morgan fingerprint density at radius 2 is 1.97 bits per heavy atom. The predicted molar refractivity (Wildman–Crippen MR) is 118 cm³/mol. The zero-order chi connectivity index (χ0) is 24.3. The number of alkyl halides is 3. The normalized spacial score (nSPS) is 15.4. The van der Waals surface area contributed by atoms with Gasteiger partial charge in [0.25, 0.3) is 0 Å². The molecular formula is C21H20ClF3N8O. The van der Waals surface area contributed by atoms with Crippen LogP contribution in [-0.4, -0.2) is 45.4 Å². The van der Waals surface area contributed by atoms with Gasteiger partial charge in [-0.1, -0.05) is 11.6 Å². The van der Waals surface area contributed by atoms with Crippen LogP contribution in [0.15, 0.2) is 36.8 Å². The molecule has 0 spiro atoms. The van der Waals surface area contributed by atoms with Crippen LogP contribution in [-0.2, 0) is 25.7 Å². The van der Waals surface area contributed by atoms with Crippen LogP contribution in [0.25, 0.3) is 22.6 Å². The zero-order valence-corrected chi connectivity index (χ0v) is 18.9. The predicted octanol–water partition coefficient (Wildman–Crippen LogP) is 4.11. The van der Waals surface area contributed by atoms with E-state index in [0.717, 1.165) is 11.4 Å². The van der Waals surface area contributed by atoms with Crippen LogP contribution < -0.4 is 5.32 Å². The van der Waals surface area contributed by atoms with Crippen LogP contribution in [0.3, 0.4) is 0 Å². The highest BCUT2D eigenvalue weighted by molar-refractivity contribution is 6.33. The van der Waals surface area contributed by atoms with Crippen molar-refractivity contribution in [1.82, 2.24) is 34.1 Å². The first-order chi connectivity index (χ1) is 16.1. The highest BCUT2D eigenvalue weighted by atomic mass is 35.5. The van der Waals surface area contributed by atoms with Crippen LogP contribution in [0, 0.1) is 0 Å². The fourth-order valence-corrected chi connectivity index (χ4v) is 4.19. The van der Waals surface area contributed by atoms with Gasteiger partial charge in [0.1, 0.15) is 11.6 Å². The van der Waals surface area contributed by atoms with Crippen molar-refractivity contribution >= 4 is 23.2 Å². The SMILES string of the molecule is Cn1nccc1Nc1cc(-c2cc3n(c2)CCCn2c-3nnc2[C@](C)(O)C(F)(F)F)c(Cl)cn1. The molecule has 0 saturated carbocycles. The number of aryl methyl sites for hydroxylation is 2. The van der Waals surface area contributed by atoms with Crippen molar-refractivity contribution in [1.29, 1.82) is 0 Å². The summed E-state index contributed by atoms with van der Waals surface area (Å²) in [6, 6.07) is 5.39. The summed E-state index contributed by atoms with van der Waals surface area (Å²) in [7, 11) is 1.80. The van der Waals surface area contributed by atoms with Gasteiger partial charge in [-0.2, -0.15) is 18.3 Å². The number of hydrogen-bond donors (Lipinski definition) is 2. The van der Waals surface area contributed by atoms with E-state index in [1.165, 1.54) is 10.8 Å². The molecule has 1 atom stereocenters. The molecule has 0 fully saturated rings. The van der Waals surface area contributed by atoms with Gasteiger partial charge in [-0.05, 0) is 25.5 Å². The van der Waals surface area contributed by atoms with Gasteiger partial charge >= 0.3 is 6.18 Å². The standard InChI is InChI=1S/C21H20ClF3N8O/c1-20(34,21(23,24)25)19-30-29-18-15-8-12(11-32(15)6-3-7-33(18)19)13-9-16(26-10-14(13)22)28-17-4-5-27-31(17)2/h4-5,8-11,34H,3,6-7H2,1-2H3,(H,26,28)/t20-/m0/s1.